The van der Waals surface area contributed by atoms with Crippen LogP contribution in [0.2, 0.25) is 0 Å². The van der Waals surface area contributed by atoms with E-state index in [-0.39, 0.29) is 12.4 Å². The van der Waals surface area contributed by atoms with Gasteiger partial charge < -0.3 is 24.3 Å². The van der Waals surface area contributed by atoms with E-state index in [9.17, 15) is 24.0 Å². The van der Waals surface area contributed by atoms with E-state index in [0.29, 0.717) is 0 Å². The van der Waals surface area contributed by atoms with Crippen molar-refractivity contribution < 1.29 is 33.3 Å². The summed E-state index contributed by atoms with van der Waals surface area (Å²) >= 11 is 0. The van der Waals surface area contributed by atoms with Gasteiger partial charge in [0.1, 0.15) is 5.82 Å². The number of carbonyl (C=O) groups excluding carboxylic acids is 3. The fourth-order valence-electron chi connectivity index (χ4n) is 2.65. The van der Waals surface area contributed by atoms with Crippen LogP contribution in [0.5, 0.6) is 0 Å². The lowest BCUT2D eigenvalue weighted by atomic mass is 10.0. The third-order valence-corrected chi connectivity index (χ3v) is 3.79. The summed E-state index contributed by atoms with van der Waals surface area (Å²) in [7, 11) is 1.30. The highest BCUT2D eigenvalue weighted by atomic mass is 16.6. The lowest BCUT2D eigenvalue weighted by molar-refractivity contribution is -0.221. The van der Waals surface area contributed by atoms with E-state index in [4.69, 9.17) is 18.9 Å². The fraction of sp³-hybridized carbons (Fsp3) is 0.562. The molecule has 1 saturated heterocycles. The largest absolute Gasteiger partial charge is 0.456 e. The van der Waals surface area contributed by atoms with Crippen molar-refractivity contribution in [2.24, 2.45) is 7.05 Å². The molecule has 0 saturated carbocycles. The molecular weight excluding hydrogens is 378 g/mol. The van der Waals surface area contributed by atoms with E-state index < -0.39 is 53.7 Å². The number of anilines is 1. The summed E-state index contributed by atoms with van der Waals surface area (Å²) in [6.45, 7) is 3.26. The second-order valence-electron chi connectivity index (χ2n) is 6.08. The predicted octanol–water partition coefficient (Wildman–Crippen LogP) is -1.36. The molecule has 0 bridgehead atoms. The van der Waals surface area contributed by atoms with Gasteiger partial charge in [-0.1, -0.05) is 0 Å². The van der Waals surface area contributed by atoms with Gasteiger partial charge in [0.05, 0.1) is 6.61 Å². The Morgan fingerprint density at radius 2 is 1.64 bits per heavy atom. The summed E-state index contributed by atoms with van der Waals surface area (Å²) in [5.41, 5.74) is -1.26. The van der Waals surface area contributed by atoms with Crippen molar-refractivity contribution in [3.8, 4) is 0 Å². The van der Waals surface area contributed by atoms with Crippen molar-refractivity contribution in [3.05, 3.63) is 26.9 Å². The second-order valence-corrected chi connectivity index (χ2v) is 6.08. The Morgan fingerprint density at radius 1 is 1.07 bits per heavy atom. The van der Waals surface area contributed by atoms with Crippen LogP contribution in [0.1, 0.15) is 20.8 Å². The highest BCUT2D eigenvalue weighted by molar-refractivity contribution is 5.68. The zero-order chi connectivity index (χ0) is 21.0. The minimum atomic E-state index is -1.23. The van der Waals surface area contributed by atoms with Gasteiger partial charge in [-0.3, -0.25) is 28.7 Å². The minimum absolute atomic E-state index is 0.00256. The topological polar surface area (TPSA) is 155 Å². The van der Waals surface area contributed by atoms with Gasteiger partial charge in [-0.15, -0.1) is 0 Å². The highest BCUT2D eigenvalue weighted by Crippen LogP contribution is 2.25. The molecule has 0 amide bonds. The molecule has 0 spiro atoms. The summed E-state index contributed by atoms with van der Waals surface area (Å²) in [6, 6.07) is 1.11. The molecule has 1 fully saturated rings. The van der Waals surface area contributed by atoms with Gasteiger partial charge in [0.2, 0.25) is 0 Å². The SMILES string of the molecule is CC(=O)OC1COC(Nc2cc(=O)n(C)c(=O)[nH]2)C(OC(C)=O)C1OC(C)=O. The van der Waals surface area contributed by atoms with Gasteiger partial charge in [-0.25, -0.2) is 4.79 Å². The molecule has 4 unspecified atom stereocenters. The van der Waals surface area contributed by atoms with Crippen LogP contribution in [0.25, 0.3) is 0 Å². The van der Waals surface area contributed by atoms with Crippen molar-refractivity contribution in [2.75, 3.05) is 11.9 Å². The standard InChI is InChI=1S/C16H21N3O9/c1-7(20)26-10-6-25-15(14(28-9(3)22)13(10)27-8(2)21)17-11-5-12(23)19(4)16(24)18-11/h5,10,13-15,17H,6H2,1-4H3,(H,18,24). The Kier molecular flexibility index (Phi) is 6.57. The minimum Gasteiger partial charge on any atom is -0.456 e. The first-order chi connectivity index (χ1) is 13.1. The zero-order valence-corrected chi connectivity index (χ0v) is 15.7. The molecule has 0 radical (unpaired) electrons. The van der Waals surface area contributed by atoms with E-state index in [2.05, 4.69) is 10.3 Å². The average Bonchev–Trinajstić information content (AvgIpc) is 2.56. The average molecular weight is 399 g/mol. The summed E-state index contributed by atoms with van der Waals surface area (Å²) in [5.74, 6) is -2.04. The van der Waals surface area contributed by atoms with Crippen LogP contribution in [0, 0.1) is 0 Å². The van der Waals surface area contributed by atoms with Crippen molar-refractivity contribution in [1.29, 1.82) is 0 Å². The summed E-state index contributed by atoms with van der Waals surface area (Å²) in [4.78, 5) is 60.4. The Balaban J connectivity index is 2.35. The monoisotopic (exact) mass is 399 g/mol. The van der Waals surface area contributed by atoms with Crippen molar-refractivity contribution >= 4 is 23.7 Å². The van der Waals surface area contributed by atoms with Crippen LogP contribution in [0.15, 0.2) is 15.7 Å². The quantitative estimate of drug-likeness (QED) is 0.448. The number of aromatic amines is 1. The maximum atomic E-state index is 11.8. The fourth-order valence-corrected chi connectivity index (χ4v) is 2.65. The third kappa shape index (κ3) is 5.19. The van der Waals surface area contributed by atoms with Crippen LogP contribution in [0.3, 0.4) is 0 Å². The van der Waals surface area contributed by atoms with Gasteiger partial charge in [-0.05, 0) is 0 Å². The van der Waals surface area contributed by atoms with Gasteiger partial charge in [0.25, 0.3) is 5.56 Å². The Morgan fingerprint density at radius 3 is 2.18 bits per heavy atom. The third-order valence-electron chi connectivity index (χ3n) is 3.79. The van der Waals surface area contributed by atoms with Gasteiger partial charge in [0, 0.05) is 33.9 Å². The number of ether oxygens (including phenoxy) is 4. The number of rotatable bonds is 5. The van der Waals surface area contributed by atoms with E-state index in [1.165, 1.54) is 14.0 Å². The summed E-state index contributed by atoms with van der Waals surface area (Å²) in [5, 5.41) is 2.72. The molecule has 2 heterocycles. The molecule has 0 aliphatic carbocycles. The molecule has 28 heavy (non-hydrogen) atoms. The number of carbonyl (C=O) groups is 3. The molecule has 1 aromatic heterocycles. The maximum absolute atomic E-state index is 11.8. The van der Waals surface area contributed by atoms with Gasteiger partial charge >= 0.3 is 23.6 Å². The summed E-state index contributed by atoms with van der Waals surface area (Å²) in [6.07, 6.45) is -4.53. The normalized spacial score (nSPS) is 24.1. The lowest BCUT2D eigenvalue weighted by Gasteiger charge is -2.40. The van der Waals surface area contributed by atoms with Gasteiger partial charge in [0.15, 0.2) is 24.5 Å². The number of H-pyrrole nitrogens is 1. The molecule has 12 nitrogen and oxygen atoms in total. The smallest absolute Gasteiger partial charge is 0.329 e. The van der Waals surface area contributed by atoms with Gasteiger partial charge in [-0.2, -0.15) is 0 Å². The molecule has 12 heteroatoms. The number of hydrogen-bond acceptors (Lipinski definition) is 10. The van der Waals surface area contributed by atoms with Crippen LogP contribution >= 0.6 is 0 Å². The van der Waals surface area contributed by atoms with Crippen molar-refractivity contribution in [3.63, 3.8) is 0 Å². The second kappa shape index (κ2) is 8.69. The maximum Gasteiger partial charge on any atom is 0.329 e. The van der Waals surface area contributed by atoms with Crippen LogP contribution < -0.4 is 16.6 Å². The van der Waals surface area contributed by atoms with E-state index >= 15 is 0 Å². The molecular formula is C16H21N3O9. The summed E-state index contributed by atoms with van der Waals surface area (Å²) < 4.78 is 21.9. The zero-order valence-electron chi connectivity index (χ0n) is 15.7. The number of nitrogens with zero attached hydrogens (tertiary/aromatic N) is 1. The molecule has 154 valence electrons. The molecule has 2 N–H and O–H groups in total. The lowest BCUT2D eigenvalue weighted by Crippen LogP contribution is -2.59. The number of aromatic nitrogens is 2. The predicted molar refractivity (Wildman–Crippen MR) is 92.3 cm³/mol. The first kappa shape index (κ1) is 21.2. The number of esters is 3. The number of nitrogens with one attached hydrogen (secondary N) is 2. The first-order valence-corrected chi connectivity index (χ1v) is 8.28. The van der Waals surface area contributed by atoms with Crippen LogP contribution in [-0.2, 0) is 40.4 Å². The van der Waals surface area contributed by atoms with Crippen LogP contribution in [-0.4, -0.2) is 58.6 Å². The van der Waals surface area contributed by atoms with Crippen LogP contribution in [0.4, 0.5) is 5.82 Å². The Labute approximate surface area is 158 Å². The Hall–Kier alpha value is -3.15. The van der Waals surface area contributed by atoms with E-state index in [1.54, 1.807) is 0 Å². The molecule has 4 atom stereocenters. The molecule has 2 rings (SSSR count). The number of hydrogen-bond donors (Lipinski definition) is 2. The Bertz CT molecular complexity index is 844. The highest BCUT2D eigenvalue weighted by Gasteiger charge is 2.47. The molecule has 0 aromatic carbocycles. The molecule has 1 aromatic rings. The molecule has 1 aliphatic heterocycles. The molecule has 1 aliphatic rings. The van der Waals surface area contributed by atoms with E-state index in [0.717, 1.165) is 24.5 Å². The van der Waals surface area contributed by atoms with Crippen molar-refractivity contribution in [2.45, 2.75) is 45.3 Å². The van der Waals surface area contributed by atoms with E-state index in [1.807, 2.05) is 0 Å². The van der Waals surface area contributed by atoms with Crippen molar-refractivity contribution in [1.82, 2.24) is 9.55 Å². The first-order valence-electron chi connectivity index (χ1n) is 8.28.